The summed E-state index contributed by atoms with van der Waals surface area (Å²) in [6.07, 6.45) is -1.18. The number of aliphatic hydroxyl groups excluding tert-OH is 1. The van der Waals surface area contributed by atoms with Crippen molar-refractivity contribution in [2.75, 3.05) is 5.75 Å². The second kappa shape index (κ2) is 7.28. The molecule has 0 aliphatic carbocycles. The van der Waals surface area contributed by atoms with Crippen molar-refractivity contribution >= 4 is 11.8 Å². The van der Waals surface area contributed by atoms with E-state index in [1.54, 1.807) is 4.68 Å². The van der Waals surface area contributed by atoms with Crippen LogP contribution in [0, 0.1) is 25.5 Å². The molecule has 1 heterocycles. The van der Waals surface area contributed by atoms with Gasteiger partial charge in [0.2, 0.25) is 5.16 Å². The number of hydrogen-bond acceptors (Lipinski definition) is 5. The average molecular weight is 362 g/mol. The van der Waals surface area contributed by atoms with Crippen LogP contribution < -0.4 is 0 Å². The van der Waals surface area contributed by atoms with Crippen LogP contribution in [0.15, 0.2) is 41.6 Å². The number of aliphatic hydroxyl groups is 1. The highest BCUT2D eigenvalue weighted by Gasteiger charge is 2.17. The van der Waals surface area contributed by atoms with Gasteiger partial charge in [0.25, 0.3) is 0 Å². The lowest BCUT2D eigenvalue weighted by Crippen LogP contribution is -2.06. The van der Waals surface area contributed by atoms with Crippen molar-refractivity contribution < 1.29 is 13.9 Å². The molecule has 0 fully saturated rings. The molecular weight excluding hydrogens is 346 g/mol. The third-order valence-electron chi connectivity index (χ3n) is 3.71. The van der Waals surface area contributed by atoms with Crippen LogP contribution in [0.5, 0.6) is 0 Å². The Labute approximate surface area is 147 Å². The Bertz CT molecular complexity index is 900. The number of hydrogen-bond donors (Lipinski definition) is 1. The SMILES string of the molecule is Cc1ccc(-n2nnnc2SCC(O)c2cc(F)ccc2F)c(C)c1. The molecule has 1 unspecified atom stereocenters. The van der Waals surface area contributed by atoms with Crippen LogP contribution in [0.2, 0.25) is 0 Å². The summed E-state index contributed by atoms with van der Waals surface area (Å²) >= 11 is 1.17. The number of halogens is 2. The quantitative estimate of drug-likeness (QED) is 0.705. The van der Waals surface area contributed by atoms with Gasteiger partial charge in [0.1, 0.15) is 11.6 Å². The Morgan fingerprint density at radius 1 is 1.16 bits per heavy atom. The molecule has 25 heavy (non-hydrogen) atoms. The topological polar surface area (TPSA) is 63.8 Å². The van der Waals surface area contributed by atoms with Gasteiger partial charge in [-0.1, -0.05) is 29.5 Å². The van der Waals surface area contributed by atoms with E-state index >= 15 is 0 Å². The molecule has 1 atom stereocenters. The Morgan fingerprint density at radius 3 is 2.72 bits per heavy atom. The van der Waals surface area contributed by atoms with Gasteiger partial charge in [-0.25, -0.2) is 8.78 Å². The molecule has 5 nitrogen and oxygen atoms in total. The van der Waals surface area contributed by atoms with Crippen LogP contribution in [0.3, 0.4) is 0 Å². The lowest BCUT2D eigenvalue weighted by atomic mass is 10.1. The van der Waals surface area contributed by atoms with Gasteiger partial charge in [0.15, 0.2) is 0 Å². The molecule has 3 aromatic rings. The molecule has 8 heteroatoms. The van der Waals surface area contributed by atoms with Gasteiger partial charge in [-0.2, -0.15) is 4.68 Å². The second-order valence-electron chi connectivity index (χ2n) is 5.66. The number of aryl methyl sites for hydroxylation is 2. The highest BCUT2D eigenvalue weighted by atomic mass is 32.2. The number of rotatable bonds is 5. The molecule has 0 radical (unpaired) electrons. The first-order valence-electron chi connectivity index (χ1n) is 7.57. The number of thioether (sulfide) groups is 1. The number of nitrogens with zero attached hydrogens (tertiary/aromatic N) is 4. The van der Waals surface area contributed by atoms with E-state index in [1.807, 2.05) is 32.0 Å². The van der Waals surface area contributed by atoms with Crippen molar-refractivity contribution in [3.05, 3.63) is 64.7 Å². The van der Waals surface area contributed by atoms with Gasteiger partial charge in [-0.3, -0.25) is 0 Å². The highest BCUT2D eigenvalue weighted by Crippen LogP contribution is 2.27. The third kappa shape index (κ3) is 3.85. The van der Waals surface area contributed by atoms with E-state index in [-0.39, 0.29) is 11.3 Å². The zero-order valence-electron chi connectivity index (χ0n) is 13.6. The smallest absolute Gasteiger partial charge is 0.214 e. The Balaban J connectivity index is 1.79. The lowest BCUT2D eigenvalue weighted by Gasteiger charge is -2.12. The van der Waals surface area contributed by atoms with Crippen molar-refractivity contribution in [3.8, 4) is 5.69 Å². The van der Waals surface area contributed by atoms with Crippen molar-refractivity contribution in [1.29, 1.82) is 0 Å². The molecule has 3 rings (SSSR count). The maximum atomic E-state index is 13.7. The van der Waals surface area contributed by atoms with Crippen LogP contribution in [0.1, 0.15) is 22.8 Å². The predicted octanol–water partition coefficient (Wildman–Crippen LogP) is 3.38. The van der Waals surface area contributed by atoms with Crippen LogP contribution in [-0.2, 0) is 0 Å². The molecule has 0 spiro atoms. The normalized spacial score (nSPS) is 12.4. The summed E-state index contributed by atoms with van der Waals surface area (Å²) in [5.41, 5.74) is 2.87. The van der Waals surface area contributed by atoms with E-state index in [1.165, 1.54) is 11.8 Å². The van der Waals surface area contributed by atoms with Gasteiger partial charge in [0, 0.05) is 11.3 Å². The summed E-state index contributed by atoms with van der Waals surface area (Å²) in [4.78, 5) is 0. The summed E-state index contributed by atoms with van der Waals surface area (Å²) in [5, 5.41) is 22.2. The molecule has 2 aromatic carbocycles. The summed E-state index contributed by atoms with van der Waals surface area (Å²) in [6, 6.07) is 8.89. The average Bonchev–Trinajstić information content (AvgIpc) is 3.03. The third-order valence-corrected chi connectivity index (χ3v) is 4.70. The first-order chi connectivity index (χ1) is 12.0. The summed E-state index contributed by atoms with van der Waals surface area (Å²) in [5.74, 6) is -1.16. The molecule has 0 aliphatic heterocycles. The molecule has 1 aromatic heterocycles. The summed E-state index contributed by atoms with van der Waals surface area (Å²) in [6.45, 7) is 3.95. The molecule has 0 saturated heterocycles. The van der Waals surface area contributed by atoms with Crippen molar-refractivity contribution in [2.24, 2.45) is 0 Å². The van der Waals surface area contributed by atoms with Gasteiger partial charge in [0.05, 0.1) is 11.8 Å². The van der Waals surface area contributed by atoms with Crippen molar-refractivity contribution in [3.63, 3.8) is 0 Å². The second-order valence-corrected chi connectivity index (χ2v) is 6.64. The molecule has 0 aliphatic rings. The lowest BCUT2D eigenvalue weighted by molar-refractivity contribution is 0.198. The van der Waals surface area contributed by atoms with Crippen LogP contribution >= 0.6 is 11.8 Å². The minimum Gasteiger partial charge on any atom is -0.387 e. The molecule has 0 bridgehead atoms. The van der Waals surface area contributed by atoms with E-state index < -0.39 is 17.7 Å². The molecule has 1 N–H and O–H groups in total. The van der Waals surface area contributed by atoms with Gasteiger partial charge >= 0.3 is 0 Å². The highest BCUT2D eigenvalue weighted by molar-refractivity contribution is 7.99. The first-order valence-corrected chi connectivity index (χ1v) is 8.56. The monoisotopic (exact) mass is 362 g/mol. The van der Waals surface area contributed by atoms with Crippen LogP contribution in [0.25, 0.3) is 5.69 Å². The predicted molar refractivity (Wildman–Crippen MR) is 90.7 cm³/mol. The number of tetrazole rings is 1. The Kier molecular flexibility index (Phi) is 5.10. The fraction of sp³-hybridized carbons (Fsp3) is 0.235. The fourth-order valence-corrected chi connectivity index (χ4v) is 3.31. The summed E-state index contributed by atoms with van der Waals surface area (Å²) in [7, 11) is 0. The Hall–Kier alpha value is -2.32. The number of benzene rings is 2. The fourth-order valence-electron chi connectivity index (χ4n) is 2.48. The van der Waals surface area contributed by atoms with Crippen molar-refractivity contribution in [2.45, 2.75) is 25.1 Å². The van der Waals surface area contributed by atoms with E-state index in [2.05, 4.69) is 15.5 Å². The largest absolute Gasteiger partial charge is 0.387 e. The standard InChI is InChI=1S/C17H16F2N4OS/c1-10-3-6-15(11(2)7-10)23-17(20-21-22-23)25-9-16(24)13-8-12(18)4-5-14(13)19/h3-8,16,24H,9H2,1-2H3. The number of aromatic nitrogens is 4. The van der Waals surface area contributed by atoms with Crippen LogP contribution in [-0.4, -0.2) is 31.1 Å². The van der Waals surface area contributed by atoms with E-state index in [4.69, 9.17) is 0 Å². The molecule has 130 valence electrons. The van der Waals surface area contributed by atoms with Gasteiger partial charge < -0.3 is 5.11 Å². The van der Waals surface area contributed by atoms with Crippen molar-refractivity contribution in [1.82, 2.24) is 20.2 Å². The van der Waals surface area contributed by atoms with E-state index in [9.17, 15) is 13.9 Å². The zero-order valence-corrected chi connectivity index (χ0v) is 14.5. The zero-order chi connectivity index (χ0) is 18.0. The maximum absolute atomic E-state index is 13.7. The molecule has 0 saturated carbocycles. The maximum Gasteiger partial charge on any atom is 0.214 e. The summed E-state index contributed by atoms with van der Waals surface area (Å²) < 4.78 is 28.6. The van der Waals surface area contributed by atoms with E-state index in [0.717, 1.165) is 35.0 Å². The first kappa shape index (κ1) is 17.5. The van der Waals surface area contributed by atoms with E-state index in [0.29, 0.717) is 5.16 Å². The molecule has 0 amide bonds. The Morgan fingerprint density at radius 2 is 1.96 bits per heavy atom. The van der Waals surface area contributed by atoms with Gasteiger partial charge in [-0.05, 0) is 54.1 Å². The minimum absolute atomic E-state index is 0.0851. The van der Waals surface area contributed by atoms with Crippen LogP contribution in [0.4, 0.5) is 8.78 Å². The van der Waals surface area contributed by atoms with Gasteiger partial charge in [-0.15, -0.1) is 5.10 Å². The molecular formula is C17H16F2N4OS. The minimum atomic E-state index is -1.18.